The molecule has 0 heterocycles. The topological polar surface area (TPSA) is 0 Å². The Labute approximate surface area is 46.3 Å². The molecule has 0 aliphatic rings. The van der Waals surface area contributed by atoms with Crippen LogP contribution in [0.1, 0.15) is 6.42 Å². The Morgan fingerprint density at radius 3 is 2.33 bits per heavy atom. The fourth-order valence-electron chi connectivity index (χ4n) is 0.0743. The molecule has 0 saturated heterocycles. The SMILES string of the molecule is FCCC(=S)Cl. The molecule has 6 heavy (non-hydrogen) atoms. The van der Waals surface area contributed by atoms with Crippen molar-refractivity contribution in [3.05, 3.63) is 0 Å². The van der Waals surface area contributed by atoms with Gasteiger partial charge in [0.15, 0.2) is 0 Å². The van der Waals surface area contributed by atoms with Gasteiger partial charge in [-0.15, -0.1) is 0 Å². The molecule has 0 saturated carbocycles. The van der Waals surface area contributed by atoms with Crippen molar-refractivity contribution in [3.63, 3.8) is 0 Å². The van der Waals surface area contributed by atoms with Crippen molar-refractivity contribution in [2.24, 2.45) is 0 Å². The number of halogens is 2. The molecule has 0 aromatic carbocycles. The highest BCUT2D eigenvalue weighted by Gasteiger charge is 1.84. The molecule has 0 aromatic rings. The van der Waals surface area contributed by atoms with Crippen LogP contribution in [0.15, 0.2) is 0 Å². The van der Waals surface area contributed by atoms with Crippen LogP contribution in [0.25, 0.3) is 0 Å². The Hall–Kier alpha value is 0.310. The molecule has 0 radical (unpaired) electrons. The molecule has 0 rings (SSSR count). The normalized spacial score (nSPS) is 8.33. The lowest BCUT2D eigenvalue weighted by Crippen LogP contribution is -1.81. The Kier molecular flexibility index (Phi) is 3.68. The first kappa shape index (κ1) is 6.31. The molecular weight excluding hydrogens is 123 g/mol. The van der Waals surface area contributed by atoms with Gasteiger partial charge in [0.25, 0.3) is 0 Å². The average molecular weight is 127 g/mol. The Morgan fingerprint density at radius 2 is 2.33 bits per heavy atom. The van der Waals surface area contributed by atoms with Gasteiger partial charge in [-0.05, 0) is 0 Å². The first-order valence-corrected chi connectivity index (χ1v) is 2.30. The quantitative estimate of drug-likeness (QED) is 0.402. The minimum Gasteiger partial charge on any atom is -0.251 e. The highest BCUT2D eigenvalue weighted by Crippen LogP contribution is 1.90. The van der Waals surface area contributed by atoms with E-state index in [1.54, 1.807) is 0 Å². The van der Waals surface area contributed by atoms with E-state index in [9.17, 15) is 4.39 Å². The Morgan fingerprint density at radius 1 is 1.83 bits per heavy atom. The van der Waals surface area contributed by atoms with Gasteiger partial charge in [0.05, 0.1) is 11.0 Å². The molecule has 0 fully saturated rings. The average Bonchev–Trinajstić information content (AvgIpc) is 1.35. The monoisotopic (exact) mass is 126 g/mol. The van der Waals surface area contributed by atoms with Crippen LogP contribution < -0.4 is 0 Å². The number of hydrogen-bond donors (Lipinski definition) is 0. The molecule has 36 valence electrons. The zero-order valence-electron chi connectivity index (χ0n) is 3.08. The fraction of sp³-hybridized carbons (Fsp3) is 0.667. The van der Waals surface area contributed by atoms with Crippen molar-refractivity contribution in [3.8, 4) is 0 Å². The maximum Gasteiger partial charge on any atom is 0.0951 e. The molecule has 0 bridgehead atoms. The van der Waals surface area contributed by atoms with Crippen LogP contribution in [-0.2, 0) is 0 Å². The van der Waals surface area contributed by atoms with Gasteiger partial charge < -0.3 is 0 Å². The third-order valence-electron chi connectivity index (χ3n) is 0.291. The lowest BCUT2D eigenvalue weighted by atomic mass is 10.6. The van der Waals surface area contributed by atoms with Crippen molar-refractivity contribution in [1.29, 1.82) is 0 Å². The minimum atomic E-state index is -0.442. The second kappa shape index (κ2) is 3.50. The Balaban J connectivity index is 2.83. The van der Waals surface area contributed by atoms with Crippen LogP contribution in [0, 0.1) is 0 Å². The van der Waals surface area contributed by atoms with Gasteiger partial charge in [0, 0.05) is 6.42 Å². The Bertz CT molecular complexity index is 54.8. The predicted octanol–water partition coefficient (Wildman–Crippen LogP) is 1.91. The smallest absolute Gasteiger partial charge is 0.0951 e. The lowest BCUT2D eigenvalue weighted by molar-refractivity contribution is 0.511. The largest absolute Gasteiger partial charge is 0.251 e. The summed E-state index contributed by atoms with van der Waals surface area (Å²) in [5.41, 5.74) is 0. The first-order chi connectivity index (χ1) is 2.77. The van der Waals surface area contributed by atoms with Crippen LogP contribution >= 0.6 is 23.8 Å². The molecule has 0 N–H and O–H groups in total. The number of alkyl halides is 1. The molecule has 0 amide bonds. The maximum absolute atomic E-state index is 11.1. The van der Waals surface area contributed by atoms with Crippen LogP contribution in [0.5, 0.6) is 0 Å². The number of hydrogen-bond acceptors (Lipinski definition) is 1. The number of thiocarbonyl (C=S) groups is 1. The van der Waals surface area contributed by atoms with Crippen molar-refractivity contribution in [1.82, 2.24) is 0 Å². The highest BCUT2D eigenvalue weighted by molar-refractivity contribution is 7.83. The predicted molar refractivity (Wildman–Crippen MR) is 29.0 cm³/mol. The number of rotatable bonds is 2. The van der Waals surface area contributed by atoms with Crippen molar-refractivity contribution >= 4 is 28.1 Å². The van der Waals surface area contributed by atoms with Gasteiger partial charge in [-0.25, -0.2) is 0 Å². The van der Waals surface area contributed by atoms with Gasteiger partial charge >= 0.3 is 0 Å². The minimum absolute atomic E-state index is 0.205. The molecule has 0 spiro atoms. The van der Waals surface area contributed by atoms with E-state index in [1.165, 1.54) is 0 Å². The van der Waals surface area contributed by atoms with E-state index in [2.05, 4.69) is 12.2 Å². The standard InChI is InChI=1S/C3H4ClFS/c4-3(6)1-2-5/h1-2H2. The molecule has 3 heteroatoms. The van der Waals surface area contributed by atoms with E-state index in [0.717, 1.165) is 0 Å². The molecule has 0 atom stereocenters. The van der Waals surface area contributed by atoms with E-state index in [0.29, 0.717) is 0 Å². The van der Waals surface area contributed by atoms with Crippen LogP contribution in [0.2, 0.25) is 0 Å². The summed E-state index contributed by atoms with van der Waals surface area (Å²) in [6.07, 6.45) is 0.205. The summed E-state index contributed by atoms with van der Waals surface area (Å²) >= 11 is 9.39. The van der Waals surface area contributed by atoms with E-state index in [-0.39, 0.29) is 10.7 Å². The van der Waals surface area contributed by atoms with Crippen molar-refractivity contribution in [2.45, 2.75) is 6.42 Å². The van der Waals surface area contributed by atoms with E-state index >= 15 is 0 Å². The zero-order valence-corrected chi connectivity index (χ0v) is 4.65. The van der Waals surface area contributed by atoms with Crippen LogP contribution in [-0.4, -0.2) is 11.0 Å². The van der Waals surface area contributed by atoms with Crippen molar-refractivity contribution in [2.75, 3.05) is 6.67 Å². The first-order valence-electron chi connectivity index (χ1n) is 1.51. The second-order valence-electron chi connectivity index (χ2n) is 0.794. The van der Waals surface area contributed by atoms with E-state index in [1.807, 2.05) is 0 Å². The third-order valence-corrected chi connectivity index (χ3v) is 0.684. The van der Waals surface area contributed by atoms with Crippen LogP contribution in [0.3, 0.4) is 0 Å². The van der Waals surface area contributed by atoms with Gasteiger partial charge in [0.2, 0.25) is 0 Å². The fourth-order valence-corrected chi connectivity index (χ4v) is 0.223. The molecule has 0 aliphatic carbocycles. The van der Waals surface area contributed by atoms with Crippen molar-refractivity contribution < 1.29 is 4.39 Å². The molecular formula is C3H4ClFS. The third kappa shape index (κ3) is 4.31. The zero-order chi connectivity index (χ0) is 4.99. The summed E-state index contributed by atoms with van der Waals surface area (Å²) in [7, 11) is 0. The summed E-state index contributed by atoms with van der Waals surface area (Å²) in [6, 6.07) is 0. The van der Waals surface area contributed by atoms with Gasteiger partial charge in [-0.2, -0.15) is 0 Å². The lowest BCUT2D eigenvalue weighted by Gasteiger charge is -1.79. The summed E-state index contributed by atoms with van der Waals surface area (Å²) < 4.78 is 11.3. The molecule has 0 unspecified atom stereocenters. The van der Waals surface area contributed by atoms with E-state index < -0.39 is 6.67 Å². The van der Waals surface area contributed by atoms with Gasteiger partial charge in [-0.1, -0.05) is 23.8 Å². The van der Waals surface area contributed by atoms with Gasteiger partial charge in [0.1, 0.15) is 0 Å². The summed E-state index contributed by atoms with van der Waals surface area (Å²) in [5.74, 6) is 0. The summed E-state index contributed by atoms with van der Waals surface area (Å²) in [4.78, 5) is 0. The van der Waals surface area contributed by atoms with Gasteiger partial charge in [-0.3, -0.25) is 4.39 Å². The summed E-state index contributed by atoms with van der Waals surface area (Å²) in [6.45, 7) is -0.442. The van der Waals surface area contributed by atoms with Crippen LogP contribution in [0.4, 0.5) is 4.39 Å². The summed E-state index contributed by atoms with van der Waals surface area (Å²) in [5, 5.41) is 0. The second-order valence-corrected chi connectivity index (χ2v) is 1.97. The highest BCUT2D eigenvalue weighted by atomic mass is 35.5. The molecule has 0 aliphatic heterocycles. The molecule has 0 nitrogen and oxygen atoms in total. The maximum atomic E-state index is 11.1. The molecule has 0 aromatic heterocycles. The van der Waals surface area contributed by atoms with E-state index in [4.69, 9.17) is 11.6 Å².